The molecule has 5 heteroatoms. The van der Waals surface area contributed by atoms with E-state index in [1.54, 1.807) is 6.08 Å². The topological polar surface area (TPSA) is 70.0 Å². The summed E-state index contributed by atoms with van der Waals surface area (Å²) in [6.07, 6.45) is 5.83. The summed E-state index contributed by atoms with van der Waals surface area (Å²) in [6.45, 7) is 7.81. The van der Waals surface area contributed by atoms with E-state index in [0.29, 0.717) is 18.0 Å². The number of carbonyl (C=O) groups is 1. The lowest BCUT2D eigenvalue weighted by Gasteiger charge is -2.66. The molecule has 34 heavy (non-hydrogen) atoms. The van der Waals surface area contributed by atoms with Gasteiger partial charge in [-0.3, -0.25) is 4.90 Å². The van der Waals surface area contributed by atoms with Crippen LogP contribution in [0.15, 0.2) is 48.6 Å². The Labute approximate surface area is 200 Å². The van der Waals surface area contributed by atoms with Crippen molar-refractivity contribution in [3.63, 3.8) is 0 Å². The van der Waals surface area contributed by atoms with Crippen molar-refractivity contribution in [2.24, 2.45) is 39.9 Å². The van der Waals surface area contributed by atoms with Crippen molar-refractivity contribution in [3.8, 4) is 0 Å². The summed E-state index contributed by atoms with van der Waals surface area (Å²) in [5.41, 5.74) is 2.04. The third-order valence-electron chi connectivity index (χ3n) is 11.6. The molecule has 10 rings (SSSR count). The Morgan fingerprint density at radius 2 is 1.97 bits per heavy atom. The predicted octanol–water partition coefficient (Wildman–Crippen LogP) is 3.03. The molecular formula is C29H33NO4. The minimum Gasteiger partial charge on any atom is -0.458 e. The van der Waals surface area contributed by atoms with E-state index >= 15 is 0 Å². The van der Waals surface area contributed by atoms with E-state index < -0.39 is 6.10 Å². The molecule has 0 amide bonds. The first-order chi connectivity index (χ1) is 16.3. The molecule has 6 aliphatic carbocycles. The molecule has 2 unspecified atom stereocenters. The summed E-state index contributed by atoms with van der Waals surface area (Å²) in [5.74, 6) is 0.402. The highest BCUT2D eigenvalue weighted by atomic mass is 16.5. The van der Waals surface area contributed by atoms with Gasteiger partial charge in [-0.15, -0.1) is 0 Å². The number of fused-ring (bicyclic) bond motifs is 1. The second kappa shape index (κ2) is 6.05. The molecule has 3 heterocycles. The number of benzene rings is 1. The van der Waals surface area contributed by atoms with Crippen molar-refractivity contribution in [3.05, 3.63) is 54.1 Å². The van der Waals surface area contributed by atoms with Crippen LogP contribution in [0.5, 0.6) is 0 Å². The number of aliphatic hydroxyl groups excluding tert-OH is 2. The lowest BCUT2D eigenvalue weighted by molar-refractivity contribution is -0.220. The third-order valence-corrected chi connectivity index (χ3v) is 11.6. The zero-order valence-electron chi connectivity index (χ0n) is 19.6. The zero-order valence-corrected chi connectivity index (χ0v) is 19.6. The summed E-state index contributed by atoms with van der Waals surface area (Å²) < 4.78 is 6.27. The minimum atomic E-state index is -0.547. The number of piperidine rings is 2. The molecule has 9 aliphatic rings. The first kappa shape index (κ1) is 20.3. The molecule has 178 valence electrons. The maximum atomic E-state index is 13.1. The van der Waals surface area contributed by atoms with Gasteiger partial charge in [0.2, 0.25) is 0 Å². The average Bonchev–Trinajstić information content (AvgIpc) is 3.21. The van der Waals surface area contributed by atoms with Crippen molar-refractivity contribution < 1.29 is 19.7 Å². The van der Waals surface area contributed by atoms with E-state index in [4.69, 9.17) is 4.74 Å². The van der Waals surface area contributed by atoms with Gasteiger partial charge in [0.25, 0.3) is 0 Å². The molecule has 2 N–H and O–H groups in total. The van der Waals surface area contributed by atoms with Gasteiger partial charge in [0.05, 0.1) is 12.2 Å². The quantitative estimate of drug-likeness (QED) is 0.413. The second-order valence-electron chi connectivity index (χ2n) is 12.9. The Balaban J connectivity index is 1.21. The highest BCUT2D eigenvalue weighted by molar-refractivity contribution is 5.87. The minimum absolute atomic E-state index is 0.0516. The maximum absolute atomic E-state index is 13.1. The second-order valence-corrected chi connectivity index (χ2v) is 12.9. The number of carbonyl (C=O) groups excluding carboxylic acids is 1. The molecule has 9 fully saturated rings. The number of aliphatic hydroxyl groups is 2. The van der Waals surface area contributed by atoms with E-state index in [1.165, 1.54) is 6.08 Å². The van der Waals surface area contributed by atoms with Gasteiger partial charge < -0.3 is 14.9 Å². The largest absolute Gasteiger partial charge is 0.458 e. The number of ether oxygens (including phenoxy) is 1. The number of esters is 1. The monoisotopic (exact) mass is 459 g/mol. The van der Waals surface area contributed by atoms with Crippen LogP contribution in [0.25, 0.3) is 6.08 Å². The summed E-state index contributed by atoms with van der Waals surface area (Å²) in [7, 11) is 0. The van der Waals surface area contributed by atoms with Gasteiger partial charge in [0.1, 0.15) is 6.10 Å². The number of nitrogens with zero attached hydrogens (tertiary/aromatic N) is 1. The Bertz CT molecular complexity index is 1150. The van der Waals surface area contributed by atoms with E-state index in [1.807, 2.05) is 30.3 Å². The lowest BCUT2D eigenvalue weighted by Crippen LogP contribution is -2.68. The smallest absolute Gasteiger partial charge is 0.331 e. The average molecular weight is 460 g/mol. The van der Waals surface area contributed by atoms with Gasteiger partial charge >= 0.3 is 5.97 Å². The first-order valence-electron chi connectivity index (χ1n) is 13.0. The van der Waals surface area contributed by atoms with Crippen LogP contribution in [0.2, 0.25) is 0 Å². The zero-order chi connectivity index (χ0) is 23.2. The van der Waals surface area contributed by atoms with Gasteiger partial charge in [-0.05, 0) is 65.4 Å². The van der Waals surface area contributed by atoms with Gasteiger partial charge in [-0.1, -0.05) is 49.4 Å². The third kappa shape index (κ3) is 2.02. The van der Waals surface area contributed by atoms with E-state index in [2.05, 4.69) is 18.4 Å². The van der Waals surface area contributed by atoms with Gasteiger partial charge in [0, 0.05) is 36.5 Å². The molecule has 2 spiro atoms. The SMILES string of the molecule is C=C1C[C@]23C[C@H]4[C@@H]5[C@@]6(C)C[C@H](O)C[C@@]57[C@@H]2[C@H](O)[C@@H]1[C@H](OC(=O)/C=C/c1ccccc1)C3[C@H]7N4C6. The summed E-state index contributed by atoms with van der Waals surface area (Å²) in [6, 6.07) is 10.6. The Kier molecular flexibility index (Phi) is 3.61. The number of rotatable bonds is 3. The van der Waals surface area contributed by atoms with Crippen LogP contribution in [0.1, 0.15) is 38.2 Å². The van der Waals surface area contributed by atoms with Crippen LogP contribution in [0.4, 0.5) is 0 Å². The van der Waals surface area contributed by atoms with E-state index in [9.17, 15) is 15.0 Å². The predicted molar refractivity (Wildman–Crippen MR) is 126 cm³/mol. The highest BCUT2D eigenvalue weighted by Crippen LogP contribution is 2.87. The van der Waals surface area contributed by atoms with Gasteiger partial charge in [-0.2, -0.15) is 0 Å². The van der Waals surface area contributed by atoms with E-state index in [-0.39, 0.29) is 52.2 Å². The molecule has 3 aliphatic heterocycles. The summed E-state index contributed by atoms with van der Waals surface area (Å²) in [4.78, 5) is 15.8. The van der Waals surface area contributed by atoms with E-state index in [0.717, 1.165) is 43.4 Å². The highest BCUT2D eigenvalue weighted by Gasteiger charge is 2.90. The van der Waals surface area contributed by atoms with Crippen molar-refractivity contribution in [2.75, 3.05) is 6.54 Å². The van der Waals surface area contributed by atoms with Crippen molar-refractivity contribution >= 4 is 12.0 Å². The molecule has 3 saturated heterocycles. The first-order valence-corrected chi connectivity index (χ1v) is 13.0. The van der Waals surface area contributed by atoms with Crippen LogP contribution < -0.4 is 0 Å². The molecule has 0 aromatic heterocycles. The molecular weight excluding hydrogens is 426 g/mol. The molecule has 9 bridgehead atoms. The van der Waals surface area contributed by atoms with Gasteiger partial charge in [0.15, 0.2) is 0 Å². The summed E-state index contributed by atoms with van der Waals surface area (Å²) in [5, 5.41) is 23.0. The normalized spacial score (nSPS) is 57.1. The van der Waals surface area contributed by atoms with Crippen LogP contribution >= 0.6 is 0 Å². The number of hydrogen-bond donors (Lipinski definition) is 2. The number of hydrogen-bond acceptors (Lipinski definition) is 5. The summed E-state index contributed by atoms with van der Waals surface area (Å²) >= 11 is 0. The van der Waals surface area contributed by atoms with Crippen molar-refractivity contribution in [2.45, 2.75) is 63.0 Å². The molecule has 0 radical (unpaired) electrons. The molecule has 13 atom stereocenters. The maximum Gasteiger partial charge on any atom is 0.331 e. The molecule has 5 nitrogen and oxygen atoms in total. The standard InChI is InChI=1S/C29H33NO4/c1-15-10-28-13-18-24-27(2)11-17(31)12-29(24)25(28)22(33)20(15)23(21(28)26(29)30(18)14-27)34-19(32)9-8-16-6-4-3-5-7-16/h3-9,17-18,20-26,31,33H,1,10-14H2,2H3/b9-8+/t17-,18-,20+,21?,22+,23-,24+,25+,26+,27-,28+,29-/m0/s1. The fourth-order valence-corrected chi connectivity index (χ4v) is 11.7. The van der Waals surface area contributed by atoms with Crippen LogP contribution in [-0.4, -0.2) is 58.0 Å². The Hall–Kier alpha value is -1.95. The Morgan fingerprint density at radius 1 is 1.18 bits per heavy atom. The van der Waals surface area contributed by atoms with Crippen molar-refractivity contribution in [1.29, 1.82) is 0 Å². The van der Waals surface area contributed by atoms with Gasteiger partial charge in [-0.25, -0.2) is 4.79 Å². The van der Waals surface area contributed by atoms with Crippen molar-refractivity contribution in [1.82, 2.24) is 4.90 Å². The molecule has 6 saturated carbocycles. The molecule has 1 aromatic carbocycles. The fourth-order valence-electron chi connectivity index (χ4n) is 11.7. The fraction of sp³-hybridized carbons (Fsp3) is 0.621. The van der Waals surface area contributed by atoms with Crippen LogP contribution in [0, 0.1) is 39.9 Å². The Morgan fingerprint density at radius 3 is 2.76 bits per heavy atom. The lowest BCUT2D eigenvalue weighted by atomic mass is 9.39. The van der Waals surface area contributed by atoms with Crippen LogP contribution in [-0.2, 0) is 9.53 Å². The van der Waals surface area contributed by atoms with Crippen LogP contribution in [0.3, 0.4) is 0 Å². The molecule has 1 aromatic rings.